The van der Waals surface area contributed by atoms with Crippen molar-refractivity contribution in [2.45, 2.75) is 6.61 Å². The number of piperazine rings is 1. The molecule has 3 N–H and O–H groups in total. The zero-order chi connectivity index (χ0) is 17.8. The summed E-state index contributed by atoms with van der Waals surface area (Å²) in [5, 5.41) is 4.86. The fourth-order valence-electron chi connectivity index (χ4n) is 2.62. The second kappa shape index (κ2) is 7.62. The summed E-state index contributed by atoms with van der Waals surface area (Å²) in [7, 11) is 0. The minimum atomic E-state index is -0.557. The monoisotopic (exact) mass is 363 g/mol. The molecule has 0 unspecified atom stereocenters. The first-order valence-electron chi connectivity index (χ1n) is 7.85. The Kier molecular flexibility index (Phi) is 5.30. The van der Waals surface area contributed by atoms with E-state index in [1.807, 2.05) is 0 Å². The van der Waals surface area contributed by atoms with Crippen molar-refractivity contribution < 1.29 is 18.7 Å². The number of hydrogen-bond acceptors (Lipinski definition) is 5. The lowest BCUT2D eigenvalue weighted by Crippen LogP contribution is -2.46. The molecule has 1 aromatic heterocycles. The molecule has 0 radical (unpaired) electrons. The first-order chi connectivity index (χ1) is 12.1. The highest BCUT2D eigenvalue weighted by Gasteiger charge is 2.21. The summed E-state index contributed by atoms with van der Waals surface area (Å²) in [6.45, 7) is 2.61. The second-order valence-electron chi connectivity index (χ2n) is 5.62. The largest absolute Gasteiger partial charge is 0.487 e. The van der Waals surface area contributed by atoms with E-state index < -0.39 is 11.7 Å². The van der Waals surface area contributed by atoms with Crippen molar-refractivity contribution in [3.8, 4) is 5.75 Å². The Balaban J connectivity index is 1.73. The van der Waals surface area contributed by atoms with Crippen LogP contribution in [0.4, 0.5) is 4.39 Å². The van der Waals surface area contributed by atoms with Gasteiger partial charge in [-0.1, -0.05) is 6.07 Å². The molecule has 6 nitrogen and oxygen atoms in total. The van der Waals surface area contributed by atoms with E-state index in [4.69, 9.17) is 10.5 Å². The van der Waals surface area contributed by atoms with Crippen LogP contribution in [0.15, 0.2) is 29.6 Å². The number of carbonyl (C=O) groups is 2. The molecule has 0 saturated carbocycles. The van der Waals surface area contributed by atoms with Crippen LogP contribution in [-0.4, -0.2) is 42.9 Å². The van der Waals surface area contributed by atoms with Crippen molar-refractivity contribution >= 4 is 23.2 Å². The zero-order valence-electron chi connectivity index (χ0n) is 13.5. The van der Waals surface area contributed by atoms with Crippen LogP contribution >= 0.6 is 11.3 Å². The van der Waals surface area contributed by atoms with Crippen LogP contribution in [0.1, 0.15) is 25.6 Å². The fourth-order valence-corrected chi connectivity index (χ4v) is 3.30. The summed E-state index contributed by atoms with van der Waals surface area (Å²) < 4.78 is 19.7. The van der Waals surface area contributed by atoms with Crippen molar-refractivity contribution in [2.24, 2.45) is 5.73 Å². The molecule has 3 rings (SSSR count). The first-order valence-corrected chi connectivity index (χ1v) is 8.72. The Bertz CT molecular complexity index is 787. The van der Waals surface area contributed by atoms with Gasteiger partial charge in [-0.3, -0.25) is 9.59 Å². The van der Waals surface area contributed by atoms with Gasteiger partial charge in [0.1, 0.15) is 23.1 Å². The number of thiophene rings is 1. The Labute approximate surface area is 148 Å². The van der Waals surface area contributed by atoms with Gasteiger partial charge in [0.05, 0.1) is 5.56 Å². The quantitative estimate of drug-likeness (QED) is 0.845. The van der Waals surface area contributed by atoms with Crippen LogP contribution in [0.5, 0.6) is 5.75 Å². The van der Waals surface area contributed by atoms with E-state index >= 15 is 0 Å². The molecule has 0 aliphatic carbocycles. The van der Waals surface area contributed by atoms with Crippen LogP contribution < -0.4 is 15.8 Å². The van der Waals surface area contributed by atoms with Crippen LogP contribution in [0, 0.1) is 5.82 Å². The highest BCUT2D eigenvalue weighted by molar-refractivity contribution is 7.12. The van der Waals surface area contributed by atoms with Crippen molar-refractivity contribution in [1.29, 1.82) is 0 Å². The third-order valence-corrected chi connectivity index (χ3v) is 4.82. The van der Waals surface area contributed by atoms with Crippen molar-refractivity contribution in [2.75, 3.05) is 26.2 Å². The minimum Gasteiger partial charge on any atom is -0.487 e. The predicted molar refractivity (Wildman–Crippen MR) is 92.3 cm³/mol. The Hall–Kier alpha value is -2.45. The van der Waals surface area contributed by atoms with E-state index in [9.17, 15) is 14.0 Å². The third-order valence-electron chi connectivity index (χ3n) is 3.91. The zero-order valence-corrected chi connectivity index (χ0v) is 14.3. The molecule has 8 heteroatoms. The first kappa shape index (κ1) is 17.4. The third kappa shape index (κ3) is 3.97. The number of amides is 2. The maximum Gasteiger partial charge on any atom is 0.262 e. The van der Waals surface area contributed by atoms with Crippen LogP contribution in [0.25, 0.3) is 0 Å². The second-order valence-corrected chi connectivity index (χ2v) is 6.54. The van der Waals surface area contributed by atoms with Gasteiger partial charge in [0, 0.05) is 26.2 Å². The summed E-state index contributed by atoms with van der Waals surface area (Å²) in [5.74, 6) is -1.05. The number of nitrogens with two attached hydrogens (primary N) is 1. The molecule has 1 aliphatic heterocycles. The number of primary amides is 1. The number of nitrogens with one attached hydrogen (secondary N) is 1. The summed E-state index contributed by atoms with van der Waals surface area (Å²) in [4.78, 5) is 25.8. The minimum absolute atomic E-state index is 0.0310. The van der Waals surface area contributed by atoms with E-state index in [0.29, 0.717) is 42.4 Å². The molecule has 25 heavy (non-hydrogen) atoms. The van der Waals surface area contributed by atoms with Gasteiger partial charge in [-0.2, -0.15) is 0 Å². The van der Waals surface area contributed by atoms with Gasteiger partial charge in [0.15, 0.2) is 0 Å². The molecular formula is C17H18FN3O3S. The van der Waals surface area contributed by atoms with E-state index in [-0.39, 0.29) is 18.1 Å². The highest BCUT2D eigenvalue weighted by atomic mass is 32.1. The lowest BCUT2D eigenvalue weighted by molar-refractivity contribution is 0.0730. The van der Waals surface area contributed by atoms with Gasteiger partial charge in [-0.15, -0.1) is 11.3 Å². The maximum absolute atomic E-state index is 14.1. The molecule has 1 fully saturated rings. The number of rotatable bonds is 5. The number of benzene rings is 1. The maximum atomic E-state index is 14.1. The number of ether oxygens (including phenoxy) is 1. The number of nitrogens with zero attached hydrogens (tertiary/aromatic N) is 1. The summed E-state index contributed by atoms with van der Waals surface area (Å²) in [6.07, 6.45) is 0. The lowest BCUT2D eigenvalue weighted by Gasteiger charge is -2.27. The molecule has 2 amide bonds. The Morgan fingerprint density at radius 1 is 1.28 bits per heavy atom. The topological polar surface area (TPSA) is 84.7 Å². The number of halogens is 1. The van der Waals surface area contributed by atoms with Gasteiger partial charge in [0.25, 0.3) is 11.8 Å². The molecular weight excluding hydrogens is 345 g/mol. The summed E-state index contributed by atoms with van der Waals surface area (Å²) in [5.41, 5.74) is 5.95. The lowest BCUT2D eigenvalue weighted by atomic mass is 10.1. The van der Waals surface area contributed by atoms with Gasteiger partial charge >= 0.3 is 0 Å². The summed E-state index contributed by atoms with van der Waals surface area (Å²) in [6, 6.07) is 5.97. The van der Waals surface area contributed by atoms with E-state index in [1.54, 1.807) is 22.4 Å². The van der Waals surface area contributed by atoms with Crippen LogP contribution in [0.2, 0.25) is 0 Å². The molecule has 1 aromatic carbocycles. The highest BCUT2D eigenvalue weighted by Crippen LogP contribution is 2.25. The SMILES string of the molecule is NC(=O)c1sccc1OCc1ccc(F)c(C(=O)N2CCNCC2)c1. The molecule has 1 aliphatic rings. The van der Waals surface area contributed by atoms with Crippen molar-refractivity contribution in [3.63, 3.8) is 0 Å². The molecule has 132 valence electrons. The van der Waals surface area contributed by atoms with Crippen LogP contribution in [-0.2, 0) is 6.61 Å². The van der Waals surface area contributed by atoms with Crippen LogP contribution in [0.3, 0.4) is 0 Å². The smallest absolute Gasteiger partial charge is 0.262 e. The van der Waals surface area contributed by atoms with Gasteiger partial charge < -0.3 is 20.7 Å². The van der Waals surface area contributed by atoms with E-state index in [0.717, 1.165) is 0 Å². The van der Waals surface area contributed by atoms with E-state index in [1.165, 1.54) is 23.5 Å². The fraction of sp³-hybridized carbons (Fsp3) is 0.294. The Morgan fingerprint density at radius 3 is 2.76 bits per heavy atom. The molecule has 2 heterocycles. The number of hydrogen-bond donors (Lipinski definition) is 2. The standard InChI is InChI=1S/C17H18FN3O3S/c18-13-2-1-11(10-24-14-3-8-25-15(14)16(19)22)9-12(13)17(23)21-6-4-20-5-7-21/h1-3,8-9,20H,4-7,10H2,(H2,19,22). The van der Waals surface area contributed by atoms with Gasteiger partial charge in [-0.05, 0) is 29.1 Å². The van der Waals surface area contributed by atoms with Gasteiger partial charge in [-0.25, -0.2) is 4.39 Å². The molecule has 0 atom stereocenters. The van der Waals surface area contributed by atoms with Gasteiger partial charge in [0.2, 0.25) is 0 Å². The van der Waals surface area contributed by atoms with Crippen molar-refractivity contribution in [1.82, 2.24) is 10.2 Å². The van der Waals surface area contributed by atoms with E-state index in [2.05, 4.69) is 5.32 Å². The molecule has 0 bridgehead atoms. The predicted octanol–water partition coefficient (Wildman–Crippen LogP) is 1.61. The normalized spacial score (nSPS) is 14.4. The molecule has 1 saturated heterocycles. The average molecular weight is 363 g/mol. The Morgan fingerprint density at radius 2 is 2.04 bits per heavy atom. The number of carbonyl (C=O) groups excluding carboxylic acids is 2. The average Bonchev–Trinajstić information content (AvgIpc) is 3.10. The molecule has 2 aromatic rings. The molecule has 0 spiro atoms. The van der Waals surface area contributed by atoms with Crippen molar-refractivity contribution in [3.05, 3.63) is 51.5 Å². The summed E-state index contributed by atoms with van der Waals surface area (Å²) >= 11 is 1.20.